The number of anilines is 1. The maximum atomic E-state index is 4.57. The monoisotopic (exact) mass is 265 g/mol. The highest BCUT2D eigenvalue weighted by atomic mass is 32.2. The van der Waals surface area contributed by atoms with E-state index < -0.39 is 0 Å². The molecule has 0 aliphatic carbocycles. The van der Waals surface area contributed by atoms with Crippen molar-refractivity contribution in [1.82, 2.24) is 4.90 Å². The number of para-hydroxylation sites is 1. The first-order chi connectivity index (χ1) is 8.42. The fraction of sp³-hybridized carbons (Fsp3) is 0.417. The van der Waals surface area contributed by atoms with Crippen LogP contribution in [0.2, 0.25) is 0 Å². The average molecular weight is 265 g/mol. The largest absolute Gasteiger partial charge is 0.335 e. The van der Waals surface area contributed by atoms with Crippen molar-refractivity contribution < 1.29 is 0 Å². The first kappa shape index (κ1) is 11.4. The molecule has 2 aliphatic rings. The molecule has 3 rings (SSSR count). The minimum Gasteiger partial charge on any atom is -0.335 e. The van der Waals surface area contributed by atoms with Crippen molar-refractivity contribution in [2.45, 2.75) is 6.54 Å². The molecule has 5 heteroatoms. The predicted octanol–water partition coefficient (Wildman–Crippen LogP) is 2.67. The number of benzene rings is 1. The van der Waals surface area contributed by atoms with Gasteiger partial charge < -0.3 is 5.32 Å². The Hall–Kier alpha value is -0.650. The van der Waals surface area contributed by atoms with Gasteiger partial charge in [-0.05, 0) is 11.6 Å². The third kappa shape index (κ3) is 2.78. The summed E-state index contributed by atoms with van der Waals surface area (Å²) in [6.45, 7) is 2.02. The van der Waals surface area contributed by atoms with E-state index in [1.54, 1.807) is 0 Å². The summed E-state index contributed by atoms with van der Waals surface area (Å²) in [5.74, 6) is 3.47. The van der Waals surface area contributed by atoms with E-state index >= 15 is 0 Å². The van der Waals surface area contributed by atoms with Crippen molar-refractivity contribution in [2.24, 2.45) is 4.99 Å². The number of thioether (sulfide) groups is 2. The highest BCUT2D eigenvalue weighted by molar-refractivity contribution is 8.14. The molecule has 0 unspecified atom stereocenters. The maximum absolute atomic E-state index is 4.57. The van der Waals surface area contributed by atoms with Crippen LogP contribution in [0.4, 0.5) is 5.69 Å². The summed E-state index contributed by atoms with van der Waals surface area (Å²) >= 11 is 3.82. The fourth-order valence-electron chi connectivity index (χ4n) is 1.88. The van der Waals surface area contributed by atoms with Crippen molar-refractivity contribution in [2.75, 3.05) is 29.4 Å². The normalized spacial score (nSPS) is 19.6. The second-order valence-corrected chi connectivity index (χ2v) is 6.12. The first-order valence-corrected chi connectivity index (χ1v) is 7.88. The zero-order chi connectivity index (χ0) is 11.5. The van der Waals surface area contributed by atoms with Crippen molar-refractivity contribution in [3.8, 4) is 0 Å². The van der Waals surface area contributed by atoms with Crippen molar-refractivity contribution >= 4 is 34.4 Å². The number of hydrogen-bond acceptors (Lipinski definition) is 5. The Morgan fingerprint density at radius 2 is 2.35 bits per heavy atom. The SMILES string of the molecule is c1ccc2c(c1)CN=C(SCN1CCSC1)N2. The Balaban J connectivity index is 1.57. The molecule has 0 spiro atoms. The van der Waals surface area contributed by atoms with E-state index in [2.05, 4.69) is 39.5 Å². The van der Waals surface area contributed by atoms with Crippen LogP contribution < -0.4 is 5.32 Å². The summed E-state index contributed by atoms with van der Waals surface area (Å²) in [5.41, 5.74) is 2.49. The van der Waals surface area contributed by atoms with Crippen LogP contribution in [0.5, 0.6) is 0 Å². The molecule has 17 heavy (non-hydrogen) atoms. The second-order valence-electron chi connectivity index (χ2n) is 4.11. The molecule has 1 aromatic carbocycles. The van der Waals surface area contributed by atoms with E-state index in [4.69, 9.17) is 0 Å². The van der Waals surface area contributed by atoms with Gasteiger partial charge in [0.25, 0.3) is 0 Å². The average Bonchev–Trinajstić information content (AvgIpc) is 2.89. The molecule has 0 atom stereocenters. The molecule has 0 saturated carbocycles. The molecule has 3 nitrogen and oxygen atoms in total. The maximum Gasteiger partial charge on any atom is 0.162 e. The van der Waals surface area contributed by atoms with Crippen molar-refractivity contribution in [3.05, 3.63) is 29.8 Å². The van der Waals surface area contributed by atoms with E-state index in [-0.39, 0.29) is 0 Å². The zero-order valence-electron chi connectivity index (χ0n) is 9.56. The Morgan fingerprint density at radius 1 is 1.41 bits per heavy atom. The smallest absolute Gasteiger partial charge is 0.162 e. The van der Waals surface area contributed by atoms with Crippen LogP contribution in [0, 0.1) is 0 Å². The molecule has 0 bridgehead atoms. The summed E-state index contributed by atoms with van der Waals surface area (Å²) < 4.78 is 0. The molecule has 0 amide bonds. The molecule has 90 valence electrons. The number of hydrogen-bond donors (Lipinski definition) is 1. The van der Waals surface area contributed by atoms with Crippen LogP contribution >= 0.6 is 23.5 Å². The Kier molecular flexibility index (Phi) is 3.59. The molecule has 2 heterocycles. The first-order valence-electron chi connectivity index (χ1n) is 5.74. The van der Waals surface area contributed by atoms with Crippen LogP contribution in [-0.4, -0.2) is 34.1 Å². The summed E-state index contributed by atoms with van der Waals surface area (Å²) in [5, 5.41) is 4.46. The van der Waals surface area contributed by atoms with Gasteiger partial charge in [0.1, 0.15) is 0 Å². The van der Waals surface area contributed by atoms with Crippen LogP contribution in [-0.2, 0) is 6.54 Å². The lowest BCUT2D eigenvalue weighted by molar-refractivity contribution is 0.422. The van der Waals surface area contributed by atoms with Gasteiger partial charge in [-0.25, -0.2) is 0 Å². The topological polar surface area (TPSA) is 27.6 Å². The van der Waals surface area contributed by atoms with Gasteiger partial charge in [-0.3, -0.25) is 9.89 Å². The third-order valence-electron chi connectivity index (χ3n) is 2.86. The Labute approximate surface area is 110 Å². The summed E-state index contributed by atoms with van der Waals surface area (Å²) in [7, 11) is 0. The molecule has 0 aromatic heterocycles. The van der Waals surface area contributed by atoms with Gasteiger partial charge in [0.2, 0.25) is 0 Å². The Morgan fingerprint density at radius 3 is 3.24 bits per heavy atom. The van der Waals surface area contributed by atoms with Crippen LogP contribution in [0.3, 0.4) is 0 Å². The highest BCUT2D eigenvalue weighted by Crippen LogP contribution is 2.24. The number of rotatable bonds is 2. The van der Waals surface area contributed by atoms with Gasteiger partial charge >= 0.3 is 0 Å². The summed E-state index contributed by atoms with van der Waals surface area (Å²) in [6.07, 6.45) is 0. The number of nitrogens with zero attached hydrogens (tertiary/aromatic N) is 2. The molecular formula is C12H15N3S2. The van der Waals surface area contributed by atoms with E-state index in [0.717, 1.165) is 23.5 Å². The van der Waals surface area contributed by atoms with Crippen LogP contribution in [0.25, 0.3) is 0 Å². The van der Waals surface area contributed by atoms with Gasteiger partial charge in [0.15, 0.2) is 5.17 Å². The van der Waals surface area contributed by atoms with Crippen molar-refractivity contribution in [1.29, 1.82) is 0 Å². The minimum absolute atomic E-state index is 0.806. The van der Waals surface area contributed by atoms with E-state index in [1.165, 1.54) is 23.5 Å². The van der Waals surface area contributed by atoms with E-state index in [0.29, 0.717) is 0 Å². The number of fused-ring (bicyclic) bond motifs is 1. The lowest BCUT2D eigenvalue weighted by atomic mass is 10.1. The predicted molar refractivity (Wildman–Crippen MR) is 77.7 cm³/mol. The fourth-order valence-corrected chi connectivity index (χ4v) is 3.85. The highest BCUT2D eigenvalue weighted by Gasteiger charge is 2.15. The molecule has 1 saturated heterocycles. The summed E-state index contributed by atoms with van der Waals surface area (Å²) in [6, 6.07) is 8.38. The molecule has 1 N–H and O–H groups in total. The quantitative estimate of drug-likeness (QED) is 0.889. The van der Waals surface area contributed by atoms with E-state index in [9.17, 15) is 0 Å². The molecular weight excluding hydrogens is 250 g/mol. The standard InChI is InChI=1S/C12H15N3S2/c1-2-4-11-10(3-1)7-13-12(14-11)17-9-15-5-6-16-8-15/h1-4H,5-9H2,(H,13,14). The van der Waals surface area contributed by atoms with Gasteiger partial charge in [0.05, 0.1) is 12.4 Å². The zero-order valence-corrected chi connectivity index (χ0v) is 11.2. The minimum atomic E-state index is 0.806. The van der Waals surface area contributed by atoms with Gasteiger partial charge in [0, 0.05) is 23.9 Å². The lowest BCUT2D eigenvalue weighted by Crippen LogP contribution is -2.22. The van der Waals surface area contributed by atoms with Crippen LogP contribution in [0.15, 0.2) is 29.3 Å². The molecule has 0 radical (unpaired) electrons. The van der Waals surface area contributed by atoms with Gasteiger partial charge in [-0.1, -0.05) is 30.0 Å². The molecule has 1 aromatic rings. The van der Waals surface area contributed by atoms with Crippen LogP contribution in [0.1, 0.15) is 5.56 Å². The number of nitrogens with one attached hydrogen (secondary N) is 1. The van der Waals surface area contributed by atoms with Crippen molar-refractivity contribution in [3.63, 3.8) is 0 Å². The van der Waals surface area contributed by atoms with Gasteiger partial charge in [-0.15, -0.1) is 11.8 Å². The second kappa shape index (κ2) is 5.33. The third-order valence-corrected chi connectivity index (χ3v) is 4.88. The molecule has 2 aliphatic heterocycles. The molecule has 1 fully saturated rings. The number of amidine groups is 1. The summed E-state index contributed by atoms with van der Waals surface area (Å²) in [4.78, 5) is 7.03. The Bertz CT molecular complexity index is 428. The lowest BCUT2D eigenvalue weighted by Gasteiger charge is -2.19. The van der Waals surface area contributed by atoms with E-state index in [1.807, 2.05) is 23.5 Å². The number of aliphatic imine (C=N–C) groups is 1. The van der Waals surface area contributed by atoms with Gasteiger partial charge in [-0.2, -0.15) is 0 Å².